The van der Waals surface area contributed by atoms with Crippen molar-refractivity contribution in [3.8, 4) is 17.2 Å². The van der Waals surface area contributed by atoms with E-state index in [-0.39, 0.29) is 11.3 Å². The number of nitrogens with two attached hydrogens (primary N) is 1. The molecule has 0 fully saturated rings. The Morgan fingerprint density at radius 3 is 2.24 bits per heavy atom. The second-order valence-electron chi connectivity index (χ2n) is 5.33. The van der Waals surface area contributed by atoms with Gasteiger partial charge in [0.1, 0.15) is 17.2 Å². The van der Waals surface area contributed by atoms with Crippen LogP contribution < -0.4 is 10.5 Å². The molecule has 0 aliphatic carbocycles. The zero-order valence-corrected chi connectivity index (χ0v) is 13.2. The van der Waals surface area contributed by atoms with E-state index in [2.05, 4.69) is 0 Å². The van der Waals surface area contributed by atoms with E-state index < -0.39 is 0 Å². The highest BCUT2D eigenvalue weighted by Crippen LogP contribution is 2.32. The number of rotatable bonds is 4. The maximum absolute atomic E-state index is 9.56. The number of phenolic OH excluding ortho intramolecular Hbond substituents is 1. The molecular weight excluding hydrogens is 286 g/mol. The predicted octanol–water partition coefficient (Wildman–Crippen LogP) is 4.18. The topological polar surface area (TPSA) is 55.5 Å². The summed E-state index contributed by atoms with van der Waals surface area (Å²) in [6.45, 7) is 5.84. The summed E-state index contributed by atoms with van der Waals surface area (Å²) < 4.78 is 5.96. The van der Waals surface area contributed by atoms with Gasteiger partial charge >= 0.3 is 0 Å². The predicted molar refractivity (Wildman–Crippen MR) is 86.4 cm³/mol. The van der Waals surface area contributed by atoms with Gasteiger partial charge in [0.05, 0.1) is 5.50 Å². The van der Waals surface area contributed by atoms with Crippen LogP contribution in [0.5, 0.6) is 17.2 Å². The zero-order valence-electron chi connectivity index (χ0n) is 12.5. The number of aromatic hydroxyl groups is 1. The quantitative estimate of drug-likeness (QED) is 0.658. The first-order valence-electron chi connectivity index (χ1n) is 6.84. The first kappa shape index (κ1) is 15.7. The molecule has 2 aromatic rings. The summed E-state index contributed by atoms with van der Waals surface area (Å²) in [6.07, 6.45) is 0.627. The van der Waals surface area contributed by atoms with E-state index in [0.29, 0.717) is 12.2 Å². The van der Waals surface area contributed by atoms with E-state index in [0.717, 1.165) is 28.0 Å². The minimum atomic E-state index is -0.379. The molecule has 3 nitrogen and oxygen atoms in total. The van der Waals surface area contributed by atoms with Gasteiger partial charge in [0, 0.05) is 6.42 Å². The molecule has 0 aliphatic rings. The molecule has 0 amide bonds. The maximum Gasteiger partial charge on any atom is 0.133 e. The lowest BCUT2D eigenvalue weighted by molar-refractivity contribution is 0.458. The van der Waals surface area contributed by atoms with Crippen LogP contribution in [0, 0.1) is 20.8 Å². The standard InChI is InChI=1S/C17H20ClNO2/c1-10-8-14(4-5-15(10)20)21-17-11(2)6-13(7-12(17)3)9-16(18)19/h4-8,16,20H,9,19H2,1-3H3. The van der Waals surface area contributed by atoms with E-state index in [4.69, 9.17) is 22.1 Å². The second kappa shape index (κ2) is 6.37. The van der Waals surface area contributed by atoms with Gasteiger partial charge in [-0.05, 0) is 61.2 Å². The van der Waals surface area contributed by atoms with Gasteiger partial charge < -0.3 is 15.6 Å². The highest BCUT2D eigenvalue weighted by molar-refractivity contribution is 6.20. The van der Waals surface area contributed by atoms with E-state index in [9.17, 15) is 5.11 Å². The fourth-order valence-electron chi connectivity index (χ4n) is 2.35. The molecule has 4 heteroatoms. The molecule has 0 spiro atoms. The summed E-state index contributed by atoms with van der Waals surface area (Å²) in [7, 11) is 0. The Balaban J connectivity index is 2.29. The summed E-state index contributed by atoms with van der Waals surface area (Å²) in [5.74, 6) is 1.80. The normalized spacial score (nSPS) is 12.2. The third kappa shape index (κ3) is 3.90. The second-order valence-corrected chi connectivity index (χ2v) is 5.89. The van der Waals surface area contributed by atoms with Crippen LogP contribution in [0.4, 0.5) is 0 Å². The molecule has 2 rings (SSSR count). The van der Waals surface area contributed by atoms with Gasteiger partial charge in [-0.3, -0.25) is 0 Å². The van der Waals surface area contributed by atoms with Crippen molar-refractivity contribution in [1.82, 2.24) is 0 Å². The first-order chi connectivity index (χ1) is 9.86. The molecule has 1 atom stereocenters. The van der Waals surface area contributed by atoms with Crippen LogP contribution in [-0.2, 0) is 6.42 Å². The Hall–Kier alpha value is -1.71. The minimum absolute atomic E-state index is 0.266. The van der Waals surface area contributed by atoms with Crippen LogP contribution in [0.2, 0.25) is 0 Å². The fourth-order valence-corrected chi connectivity index (χ4v) is 2.53. The van der Waals surface area contributed by atoms with E-state index in [1.807, 2.05) is 39.0 Å². The molecule has 0 radical (unpaired) electrons. The van der Waals surface area contributed by atoms with Crippen molar-refractivity contribution >= 4 is 11.6 Å². The van der Waals surface area contributed by atoms with Gasteiger partial charge in [0.15, 0.2) is 0 Å². The van der Waals surface area contributed by atoms with Crippen LogP contribution in [0.15, 0.2) is 30.3 Å². The van der Waals surface area contributed by atoms with Gasteiger partial charge in [-0.2, -0.15) is 0 Å². The van der Waals surface area contributed by atoms with Crippen molar-refractivity contribution in [2.24, 2.45) is 5.73 Å². The Morgan fingerprint density at radius 1 is 1.10 bits per heavy atom. The van der Waals surface area contributed by atoms with Crippen LogP contribution in [0.1, 0.15) is 22.3 Å². The molecule has 2 aromatic carbocycles. The van der Waals surface area contributed by atoms with Crippen molar-refractivity contribution in [3.63, 3.8) is 0 Å². The van der Waals surface area contributed by atoms with Crippen LogP contribution in [0.25, 0.3) is 0 Å². The van der Waals surface area contributed by atoms with Gasteiger partial charge in [-0.25, -0.2) is 0 Å². The number of halogens is 1. The summed E-state index contributed by atoms with van der Waals surface area (Å²) in [5.41, 5.74) is 9.20. The lowest BCUT2D eigenvalue weighted by atomic mass is 10.0. The number of alkyl halides is 1. The Bertz CT molecular complexity index is 630. The largest absolute Gasteiger partial charge is 0.508 e. The number of ether oxygens (including phenoxy) is 1. The molecule has 0 saturated heterocycles. The van der Waals surface area contributed by atoms with Crippen molar-refractivity contribution < 1.29 is 9.84 Å². The summed E-state index contributed by atoms with van der Waals surface area (Å²) >= 11 is 5.84. The lowest BCUT2D eigenvalue weighted by Crippen LogP contribution is -2.14. The van der Waals surface area contributed by atoms with E-state index in [1.54, 1.807) is 12.1 Å². The minimum Gasteiger partial charge on any atom is -0.508 e. The molecule has 1 unspecified atom stereocenters. The molecule has 3 N–H and O–H groups in total. The van der Waals surface area contributed by atoms with Crippen molar-refractivity contribution in [1.29, 1.82) is 0 Å². The number of hydrogen-bond acceptors (Lipinski definition) is 3. The van der Waals surface area contributed by atoms with E-state index >= 15 is 0 Å². The maximum atomic E-state index is 9.56. The highest BCUT2D eigenvalue weighted by Gasteiger charge is 2.10. The van der Waals surface area contributed by atoms with Crippen molar-refractivity contribution in [3.05, 3.63) is 52.6 Å². The monoisotopic (exact) mass is 305 g/mol. The van der Waals surface area contributed by atoms with Crippen LogP contribution in [-0.4, -0.2) is 10.6 Å². The third-order valence-corrected chi connectivity index (χ3v) is 3.49. The van der Waals surface area contributed by atoms with Crippen molar-refractivity contribution in [2.45, 2.75) is 32.7 Å². The highest BCUT2D eigenvalue weighted by atomic mass is 35.5. The summed E-state index contributed by atoms with van der Waals surface area (Å²) in [4.78, 5) is 0. The molecule has 0 heterocycles. The van der Waals surface area contributed by atoms with Gasteiger partial charge in [-0.15, -0.1) is 11.6 Å². The van der Waals surface area contributed by atoms with Crippen molar-refractivity contribution in [2.75, 3.05) is 0 Å². The average Bonchev–Trinajstić information content (AvgIpc) is 2.37. The molecule has 0 aliphatic heterocycles. The number of hydrogen-bond donors (Lipinski definition) is 2. The Kier molecular flexibility index (Phi) is 4.76. The third-order valence-electron chi connectivity index (χ3n) is 3.34. The van der Waals surface area contributed by atoms with Crippen LogP contribution in [0.3, 0.4) is 0 Å². The Labute approximate surface area is 130 Å². The molecular formula is C17H20ClNO2. The van der Waals surface area contributed by atoms with Crippen LogP contribution >= 0.6 is 11.6 Å². The van der Waals surface area contributed by atoms with Gasteiger partial charge in [0.2, 0.25) is 0 Å². The molecule has 0 bridgehead atoms. The number of aryl methyl sites for hydroxylation is 3. The SMILES string of the molecule is Cc1cc(Oc2c(C)cc(CC(N)Cl)cc2C)ccc1O. The molecule has 0 saturated carbocycles. The number of benzene rings is 2. The molecule has 112 valence electrons. The number of phenols is 1. The molecule has 0 aromatic heterocycles. The zero-order chi connectivity index (χ0) is 15.6. The average molecular weight is 306 g/mol. The smallest absolute Gasteiger partial charge is 0.133 e. The Morgan fingerprint density at radius 2 is 1.71 bits per heavy atom. The molecule has 21 heavy (non-hydrogen) atoms. The lowest BCUT2D eigenvalue weighted by Gasteiger charge is -2.15. The fraction of sp³-hybridized carbons (Fsp3) is 0.294. The summed E-state index contributed by atoms with van der Waals surface area (Å²) in [5, 5.41) is 9.56. The summed E-state index contributed by atoms with van der Waals surface area (Å²) in [6, 6.07) is 9.28. The van der Waals surface area contributed by atoms with Gasteiger partial charge in [0.25, 0.3) is 0 Å². The van der Waals surface area contributed by atoms with E-state index in [1.165, 1.54) is 0 Å². The first-order valence-corrected chi connectivity index (χ1v) is 7.27. The van der Waals surface area contributed by atoms with Gasteiger partial charge in [-0.1, -0.05) is 12.1 Å².